The molecule has 1 aliphatic rings. The summed E-state index contributed by atoms with van der Waals surface area (Å²) in [6.45, 7) is 6.22. The van der Waals surface area contributed by atoms with Crippen LogP contribution in [-0.4, -0.2) is 41.6 Å². The van der Waals surface area contributed by atoms with Crippen molar-refractivity contribution in [2.24, 2.45) is 5.92 Å². The van der Waals surface area contributed by atoms with E-state index in [9.17, 15) is 18.0 Å². The van der Waals surface area contributed by atoms with Gasteiger partial charge in [-0.15, -0.1) is 11.3 Å². The zero-order valence-electron chi connectivity index (χ0n) is 13.3. The number of hydrogen-bond acceptors (Lipinski definition) is 4. The van der Waals surface area contributed by atoms with Gasteiger partial charge in [0.25, 0.3) is 0 Å². The molecule has 1 N–H and O–H groups in total. The highest BCUT2D eigenvalue weighted by atomic mass is 32.1. The highest BCUT2D eigenvalue weighted by Crippen LogP contribution is 2.34. The number of carbonyl (C=O) groups is 1. The molecule has 0 saturated carbocycles. The van der Waals surface area contributed by atoms with E-state index in [0.717, 1.165) is 37.4 Å². The molecule has 0 aromatic carbocycles. The molecule has 0 aliphatic carbocycles. The Labute approximate surface area is 138 Å². The van der Waals surface area contributed by atoms with Gasteiger partial charge in [0.15, 0.2) is 6.04 Å². The van der Waals surface area contributed by atoms with Crippen LogP contribution in [0.1, 0.15) is 42.9 Å². The number of likely N-dealkylation sites (tertiary alicyclic amines) is 1. The highest BCUT2D eigenvalue weighted by molar-refractivity contribution is 7.09. The molecule has 2 rings (SSSR count). The van der Waals surface area contributed by atoms with E-state index in [-0.39, 0.29) is 10.9 Å². The first-order valence-corrected chi connectivity index (χ1v) is 8.70. The first-order chi connectivity index (χ1) is 10.8. The van der Waals surface area contributed by atoms with E-state index in [0.29, 0.717) is 18.5 Å². The highest BCUT2D eigenvalue weighted by Gasteiger charge is 2.44. The quantitative estimate of drug-likeness (QED) is 0.887. The van der Waals surface area contributed by atoms with Crippen LogP contribution < -0.4 is 5.32 Å². The molecule has 2 heterocycles. The lowest BCUT2D eigenvalue weighted by Crippen LogP contribution is -2.44. The monoisotopic (exact) mass is 349 g/mol. The zero-order valence-corrected chi connectivity index (χ0v) is 14.1. The summed E-state index contributed by atoms with van der Waals surface area (Å²) >= 11 is 0.926. The van der Waals surface area contributed by atoms with Crippen LogP contribution in [0.25, 0.3) is 0 Å². The molecule has 1 amide bonds. The van der Waals surface area contributed by atoms with Gasteiger partial charge in [-0.2, -0.15) is 13.2 Å². The number of piperidine rings is 1. The molecular formula is C15H22F3N3OS. The number of carbonyl (C=O) groups excluding carboxylic acids is 1. The third kappa shape index (κ3) is 4.91. The zero-order chi connectivity index (χ0) is 17.0. The van der Waals surface area contributed by atoms with E-state index in [1.165, 1.54) is 0 Å². The molecule has 0 radical (unpaired) electrons. The van der Waals surface area contributed by atoms with Crippen molar-refractivity contribution in [1.82, 2.24) is 15.2 Å². The summed E-state index contributed by atoms with van der Waals surface area (Å²) < 4.78 is 39.7. The average molecular weight is 349 g/mol. The Morgan fingerprint density at radius 1 is 1.48 bits per heavy atom. The van der Waals surface area contributed by atoms with Crippen molar-refractivity contribution >= 4 is 17.2 Å². The standard InChI is InChI=1S/C15H22F3N3OS/c1-3-6-21-7-4-11(5-8-21)13(22)20-12(15(16,17)18)14-19-10(2)9-23-14/h9,11-12H,3-8H2,1-2H3,(H,20,22). The van der Waals surface area contributed by atoms with Crippen LogP contribution in [0.5, 0.6) is 0 Å². The third-order valence-electron chi connectivity index (χ3n) is 4.00. The number of nitrogens with one attached hydrogen (secondary N) is 1. The number of nitrogens with zero attached hydrogens (tertiary/aromatic N) is 2. The van der Waals surface area contributed by atoms with Crippen molar-refractivity contribution in [1.29, 1.82) is 0 Å². The molecule has 0 bridgehead atoms. The molecular weight excluding hydrogens is 327 g/mol. The van der Waals surface area contributed by atoms with E-state index < -0.39 is 18.1 Å². The second-order valence-electron chi connectivity index (χ2n) is 5.93. The van der Waals surface area contributed by atoms with Crippen LogP contribution >= 0.6 is 11.3 Å². The van der Waals surface area contributed by atoms with Crippen molar-refractivity contribution in [2.75, 3.05) is 19.6 Å². The molecule has 1 unspecified atom stereocenters. The Bertz CT molecular complexity index is 524. The first kappa shape index (κ1) is 18.2. The molecule has 0 spiro atoms. The van der Waals surface area contributed by atoms with Gasteiger partial charge in [-0.1, -0.05) is 6.92 Å². The molecule has 8 heteroatoms. The summed E-state index contributed by atoms with van der Waals surface area (Å²) in [4.78, 5) is 18.4. The van der Waals surface area contributed by atoms with Crippen LogP contribution in [-0.2, 0) is 4.79 Å². The minimum absolute atomic E-state index is 0.105. The Morgan fingerprint density at radius 3 is 2.61 bits per heavy atom. The number of aryl methyl sites for hydroxylation is 1. The Hall–Kier alpha value is -1.15. The number of thiazole rings is 1. The van der Waals surface area contributed by atoms with Crippen molar-refractivity contribution in [2.45, 2.75) is 45.3 Å². The summed E-state index contributed by atoms with van der Waals surface area (Å²) in [5, 5.41) is 3.62. The van der Waals surface area contributed by atoms with E-state index in [4.69, 9.17) is 0 Å². The minimum Gasteiger partial charge on any atom is -0.339 e. The number of rotatable bonds is 5. The molecule has 130 valence electrons. The summed E-state index contributed by atoms with van der Waals surface area (Å²) in [5.74, 6) is -0.870. The topological polar surface area (TPSA) is 45.2 Å². The van der Waals surface area contributed by atoms with Gasteiger partial charge in [0.1, 0.15) is 5.01 Å². The maximum Gasteiger partial charge on any atom is 0.415 e. The summed E-state index contributed by atoms with van der Waals surface area (Å²) in [6.07, 6.45) is -2.29. The van der Waals surface area contributed by atoms with Gasteiger partial charge in [0, 0.05) is 17.0 Å². The van der Waals surface area contributed by atoms with Gasteiger partial charge in [-0.05, 0) is 45.8 Å². The molecule has 1 saturated heterocycles. The summed E-state index contributed by atoms with van der Waals surface area (Å²) in [5.41, 5.74) is 0.529. The molecule has 23 heavy (non-hydrogen) atoms. The predicted molar refractivity (Wildman–Crippen MR) is 83.2 cm³/mol. The Balaban J connectivity index is 1.99. The lowest BCUT2D eigenvalue weighted by atomic mass is 9.95. The lowest BCUT2D eigenvalue weighted by molar-refractivity contribution is -0.165. The van der Waals surface area contributed by atoms with Crippen molar-refractivity contribution in [3.05, 3.63) is 16.1 Å². The number of alkyl halides is 3. The Kier molecular flexibility index (Phi) is 6.02. The van der Waals surface area contributed by atoms with Gasteiger partial charge in [0.05, 0.1) is 0 Å². The van der Waals surface area contributed by atoms with E-state index in [1.807, 2.05) is 0 Å². The Morgan fingerprint density at radius 2 is 2.13 bits per heavy atom. The van der Waals surface area contributed by atoms with Crippen molar-refractivity contribution < 1.29 is 18.0 Å². The van der Waals surface area contributed by atoms with Crippen molar-refractivity contribution in [3.8, 4) is 0 Å². The minimum atomic E-state index is -4.54. The van der Waals surface area contributed by atoms with Gasteiger partial charge in [-0.25, -0.2) is 4.98 Å². The largest absolute Gasteiger partial charge is 0.415 e. The molecule has 1 fully saturated rings. The molecule has 1 aromatic rings. The molecule has 1 aliphatic heterocycles. The van der Waals surface area contributed by atoms with E-state index >= 15 is 0 Å². The molecule has 1 aromatic heterocycles. The van der Waals surface area contributed by atoms with Crippen molar-refractivity contribution in [3.63, 3.8) is 0 Å². The first-order valence-electron chi connectivity index (χ1n) is 7.82. The van der Waals surface area contributed by atoms with Crippen LogP contribution in [0.3, 0.4) is 0 Å². The number of aromatic nitrogens is 1. The molecule has 4 nitrogen and oxygen atoms in total. The van der Waals surface area contributed by atoms with E-state index in [2.05, 4.69) is 22.1 Å². The number of hydrogen-bond donors (Lipinski definition) is 1. The summed E-state index contributed by atoms with van der Waals surface area (Å²) in [6, 6.07) is -2.01. The SMILES string of the molecule is CCCN1CCC(C(=O)NC(c2nc(C)cs2)C(F)(F)F)CC1. The maximum atomic E-state index is 13.2. The van der Waals surface area contributed by atoms with Crippen LogP contribution in [0, 0.1) is 12.8 Å². The fourth-order valence-corrected chi connectivity index (χ4v) is 3.65. The normalized spacial score (nSPS) is 18.8. The smallest absolute Gasteiger partial charge is 0.339 e. The molecule has 1 atom stereocenters. The van der Waals surface area contributed by atoms with Crippen LogP contribution in [0.15, 0.2) is 5.38 Å². The second kappa shape index (κ2) is 7.61. The average Bonchev–Trinajstić information content (AvgIpc) is 2.90. The van der Waals surface area contributed by atoms with Crippen LogP contribution in [0.2, 0.25) is 0 Å². The maximum absolute atomic E-state index is 13.2. The third-order valence-corrected chi connectivity index (χ3v) is 5.02. The van der Waals surface area contributed by atoms with E-state index in [1.54, 1.807) is 12.3 Å². The van der Waals surface area contributed by atoms with Gasteiger partial charge < -0.3 is 10.2 Å². The summed E-state index contributed by atoms with van der Waals surface area (Å²) in [7, 11) is 0. The predicted octanol–water partition coefficient (Wildman–Crippen LogP) is 3.29. The number of halogens is 3. The fourth-order valence-electron chi connectivity index (χ4n) is 2.78. The van der Waals surface area contributed by atoms with Crippen LogP contribution in [0.4, 0.5) is 13.2 Å². The van der Waals surface area contributed by atoms with Gasteiger partial charge in [-0.3, -0.25) is 4.79 Å². The number of amides is 1. The van der Waals surface area contributed by atoms with Gasteiger partial charge in [0.2, 0.25) is 5.91 Å². The van der Waals surface area contributed by atoms with Gasteiger partial charge >= 0.3 is 6.18 Å². The fraction of sp³-hybridized carbons (Fsp3) is 0.733. The lowest BCUT2D eigenvalue weighted by Gasteiger charge is -2.32. The second-order valence-corrected chi connectivity index (χ2v) is 6.82.